The van der Waals surface area contributed by atoms with Crippen LogP contribution in [0.5, 0.6) is 0 Å². The number of hydrogen-bond acceptors (Lipinski definition) is 4. The fourth-order valence-corrected chi connectivity index (χ4v) is 2.35. The number of fused-ring (bicyclic) bond motifs is 1. The van der Waals surface area contributed by atoms with Crippen molar-refractivity contribution in [2.75, 3.05) is 11.9 Å². The highest BCUT2D eigenvalue weighted by Gasteiger charge is 2.08. The average molecular weight is 277 g/mol. The number of nitrogens with zero attached hydrogens (tertiary/aromatic N) is 4. The summed E-state index contributed by atoms with van der Waals surface area (Å²) in [6, 6.07) is 10.0. The first kappa shape index (κ1) is 13.1. The molecule has 2 aromatic heterocycles. The van der Waals surface area contributed by atoms with E-state index in [1.165, 1.54) is 5.56 Å². The molecule has 0 saturated carbocycles. The third-order valence-corrected chi connectivity index (χ3v) is 3.37. The molecule has 0 atom stereocenters. The van der Waals surface area contributed by atoms with E-state index in [2.05, 4.69) is 21.5 Å². The Morgan fingerprint density at radius 2 is 2.14 bits per heavy atom. The van der Waals surface area contributed by atoms with Crippen molar-refractivity contribution in [1.29, 1.82) is 5.26 Å². The molecule has 104 valence electrons. The van der Waals surface area contributed by atoms with E-state index in [0.717, 1.165) is 29.6 Å². The van der Waals surface area contributed by atoms with Gasteiger partial charge in [0.2, 0.25) is 0 Å². The van der Waals surface area contributed by atoms with E-state index in [1.54, 1.807) is 10.9 Å². The Bertz CT molecular complexity index is 813. The summed E-state index contributed by atoms with van der Waals surface area (Å²) in [5.74, 6) is 0. The molecule has 0 unspecified atom stereocenters. The predicted octanol–water partition coefficient (Wildman–Crippen LogP) is 2.49. The summed E-state index contributed by atoms with van der Waals surface area (Å²) in [5, 5.41) is 17.7. The molecule has 0 radical (unpaired) electrons. The third kappa shape index (κ3) is 2.70. The lowest BCUT2D eigenvalue weighted by Gasteiger charge is -2.10. The number of anilines is 1. The van der Waals surface area contributed by atoms with Crippen molar-refractivity contribution in [2.24, 2.45) is 7.05 Å². The van der Waals surface area contributed by atoms with E-state index < -0.39 is 0 Å². The summed E-state index contributed by atoms with van der Waals surface area (Å²) in [4.78, 5) is 4.31. The molecule has 3 rings (SSSR count). The average Bonchev–Trinajstić information content (AvgIpc) is 2.93. The predicted molar refractivity (Wildman–Crippen MR) is 81.9 cm³/mol. The van der Waals surface area contributed by atoms with Crippen molar-refractivity contribution in [2.45, 2.75) is 6.42 Å². The van der Waals surface area contributed by atoms with Crippen molar-refractivity contribution in [3.63, 3.8) is 0 Å². The van der Waals surface area contributed by atoms with Gasteiger partial charge in [-0.2, -0.15) is 10.4 Å². The van der Waals surface area contributed by atoms with Gasteiger partial charge in [-0.15, -0.1) is 0 Å². The molecular formula is C16H15N5. The van der Waals surface area contributed by atoms with Crippen molar-refractivity contribution < 1.29 is 0 Å². The lowest BCUT2D eigenvalue weighted by molar-refractivity contribution is 0.767. The second-order valence-electron chi connectivity index (χ2n) is 4.87. The zero-order chi connectivity index (χ0) is 14.7. The second kappa shape index (κ2) is 5.63. The van der Waals surface area contributed by atoms with E-state index in [-0.39, 0.29) is 0 Å². The summed E-state index contributed by atoms with van der Waals surface area (Å²) in [5.41, 5.74) is 3.48. The molecule has 0 aliphatic heterocycles. The van der Waals surface area contributed by atoms with Crippen LogP contribution in [0.25, 0.3) is 10.9 Å². The van der Waals surface area contributed by atoms with Crippen LogP contribution in [0.15, 0.2) is 42.9 Å². The van der Waals surface area contributed by atoms with Gasteiger partial charge in [0, 0.05) is 31.4 Å². The Hall–Kier alpha value is -2.87. The van der Waals surface area contributed by atoms with Crippen LogP contribution in [0.1, 0.15) is 11.1 Å². The normalized spacial score (nSPS) is 10.5. The summed E-state index contributed by atoms with van der Waals surface area (Å²) in [6.07, 6.45) is 6.33. The van der Waals surface area contributed by atoms with Gasteiger partial charge in [0.1, 0.15) is 6.07 Å². The van der Waals surface area contributed by atoms with Crippen LogP contribution in [-0.2, 0) is 13.5 Å². The molecular weight excluding hydrogens is 262 g/mol. The number of aromatic nitrogens is 3. The smallest absolute Gasteiger partial charge is 0.103 e. The van der Waals surface area contributed by atoms with E-state index in [1.807, 2.05) is 43.7 Å². The molecule has 0 aliphatic rings. The van der Waals surface area contributed by atoms with Crippen molar-refractivity contribution in [3.8, 4) is 6.07 Å². The summed E-state index contributed by atoms with van der Waals surface area (Å²) < 4.78 is 1.79. The van der Waals surface area contributed by atoms with Crippen LogP contribution >= 0.6 is 0 Å². The zero-order valence-electron chi connectivity index (χ0n) is 11.7. The number of aryl methyl sites for hydroxylation is 1. The minimum absolute atomic E-state index is 0.569. The fraction of sp³-hybridized carbons (Fsp3) is 0.188. The van der Waals surface area contributed by atoms with Crippen LogP contribution < -0.4 is 5.32 Å². The van der Waals surface area contributed by atoms with E-state index >= 15 is 0 Å². The number of para-hydroxylation sites is 1. The van der Waals surface area contributed by atoms with Gasteiger partial charge in [0.15, 0.2) is 0 Å². The van der Waals surface area contributed by atoms with Crippen LogP contribution in [0.4, 0.5) is 5.69 Å². The minimum Gasteiger partial charge on any atom is -0.383 e. The lowest BCUT2D eigenvalue weighted by Crippen LogP contribution is -2.07. The number of hydrogen-bond donors (Lipinski definition) is 1. The Labute approximate surface area is 122 Å². The monoisotopic (exact) mass is 277 g/mol. The highest BCUT2D eigenvalue weighted by Crippen LogP contribution is 2.25. The summed E-state index contributed by atoms with van der Waals surface area (Å²) in [6.45, 7) is 0.744. The molecule has 3 aromatic rings. The molecule has 2 heterocycles. The molecule has 0 aliphatic carbocycles. The van der Waals surface area contributed by atoms with Gasteiger partial charge in [-0.1, -0.05) is 18.2 Å². The number of benzene rings is 1. The number of nitriles is 1. The summed E-state index contributed by atoms with van der Waals surface area (Å²) >= 11 is 0. The topological polar surface area (TPSA) is 66.5 Å². The Morgan fingerprint density at radius 1 is 1.29 bits per heavy atom. The zero-order valence-corrected chi connectivity index (χ0v) is 11.7. The largest absolute Gasteiger partial charge is 0.383 e. The van der Waals surface area contributed by atoms with Gasteiger partial charge in [0.05, 0.1) is 23.0 Å². The first-order chi connectivity index (χ1) is 10.3. The molecule has 0 bridgehead atoms. The third-order valence-electron chi connectivity index (χ3n) is 3.37. The van der Waals surface area contributed by atoms with Crippen LogP contribution in [0, 0.1) is 11.3 Å². The van der Waals surface area contributed by atoms with Gasteiger partial charge >= 0.3 is 0 Å². The van der Waals surface area contributed by atoms with Gasteiger partial charge < -0.3 is 5.32 Å². The maximum Gasteiger partial charge on any atom is 0.103 e. The molecule has 5 nitrogen and oxygen atoms in total. The Balaban J connectivity index is 1.84. The molecule has 21 heavy (non-hydrogen) atoms. The number of nitrogens with one attached hydrogen (secondary N) is 1. The first-order valence-electron chi connectivity index (χ1n) is 6.77. The maximum atomic E-state index is 9.25. The Kier molecular flexibility index (Phi) is 3.52. The number of rotatable bonds is 4. The van der Waals surface area contributed by atoms with E-state index in [4.69, 9.17) is 0 Å². The van der Waals surface area contributed by atoms with Crippen LogP contribution in [0.3, 0.4) is 0 Å². The lowest BCUT2D eigenvalue weighted by atomic mass is 10.1. The highest BCUT2D eigenvalue weighted by molar-refractivity contribution is 5.93. The quantitative estimate of drug-likeness (QED) is 0.795. The molecule has 0 fully saturated rings. The standard InChI is InChI=1S/C16H15N5/c1-21-11-12(9-20-21)6-7-18-16-13(8-17)10-19-15-5-3-2-4-14(15)16/h2-5,9-11H,6-7H2,1H3,(H,18,19). The maximum absolute atomic E-state index is 9.25. The molecule has 1 N–H and O–H groups in total. The van der Waals surface area contributed by atoms with E-state index in [9.17, 15) is 5.26 Å². The second-order valence-corrected chi connectivity index (χ2v) is 4.87. The molecule has 0 amide bonds. The van der Waals surface area contributed by atoms with Crippen LogP contribution in [0.2, 0.25) is 0 Å². The fourth-order valence-electron chi connectivity index (χ4n) is 2.35. The molecule has 1 aromatic carbocycles. The first-order valence-corrected chi connectivity index (χ1v) is 6.77. The molecule has 0 saturated heterocycles. The Morgan fingerprint density at radius 3 is 2.90 bits per heavy atom. The van der Waals surface area contributed by atoms with Gasteiger partial charge in [-0.05, 0) is 18.1 Å². The molecule has 0 spiro atoms. The molecule has 5 heteroatoms. The van der Waals surface area contributed by atoms with Crippen molar-refractivity contribution in [1.82, 2.24) is 14.8 Å². The van der Waals surface area contributed by atoms with Crippen molar-refractivity contribution in [3.05, 3.63) is 54.0 Å². The van der Waals surface area contributed by atoms with Crippen molar-refractivity contribution >= 4 is 16.6 Å². The van der Waals surface area contributed by atoms with E-state index in [0.29, 0.717) is 5.56 Å². The SMILES string of the molecule is Cn1cc(CCNc2c(C#N)cnc3ccccc23)cn1. The minimum atomic E-state index is 0.569. The van der Waals surface area contributed by atoms with Gasteiger partial charge in [-0.25, -0.2) is 0 Å². The summed E-state index contributed by atoms with van der Waals surface area (Å²) in [7, 11) is 1.90. The highest BCUT2D eigenvalue weighted by atomic mass is 15.2. The van der Waals surface area contributed by atoms with Crippen LogP contribution in [-0.4, -0.2) is 21.3 Å². The van der Waals surface area contributed by atoms with Gasteiger partial charge in [-0.3, -0.25) is 9.67 Å². The number of pyridine rings is 1. The van der Waals surface area contributed by atoms with Gasteiger partial charge in [0.25, 0.3) is 0 Å².